The van der Waals surface area contributed by atoms with Crippen LogP contribution in [-0.2, 0) is 13.1 Å². The van der Waals surface area contributed by atoms with Gasteiger partial charge in [0.15, 0.2) is 0 Å². The molecule has 0 aromatic carbocycles. The van der Waals surface area contributed by atoms with Gasteiger partial charge in [-0.2, -0.15) is 5.10 Å². The summed E-state index contributed by atoms with van der Waals surface area (Å²) in [6.07, 6.45) is 6.16. The molecule has 25 heavy (non-hydrogen) atoms. The minimum absolute atomic E-state index is 0.0446. The van der Waals surface area contributed by atoms with Crippen molar-refractivity contribution >= 4 is 5.65 Å². The van der Waals surface area contributed by atoms with E-state index in [1.807, 2.05) is 42.8 Å². The fourth-order valence-electron chi connectivity index (χ4n) is 3.67. The van der Waals surface area contributed by atoms with Gasteiger partial charge in [-0.25, -0.2) is 14.5 Å². The highest BCUT2D eigenvalue weighted by Gasteiger charge is 2.23. The molecular formula is C18H24N6O. The lowest BCUT2D eigenvalue weighted by atomic mass is 9.99. The number of pyridine rings is 1. The summed E-state index contributed by atoms with van der Waals surface area (Å²) in [5.74, 6) is 1.21. The molecule has 7 nitrogen and oxygen atoms in total. The zero-order valence-electron chi connectivity index (χ0n) is 14.8. The average molecular weight is 340 g/mol. The Bertz CT molecular complexity index is 944. The smallest absolute Gasteiger partial charge is 0.316 e. The highest BCUT2D eigenvalue weighted by atomic mass is 16.2. The highest BCUT2D eigenvalue weighted by Crippen LogP contribution is 2.20. The molecule has 0 spiro atoms. The van der Waals surface area contributed by atoms with E-state index in [0.29, 0.717) is 19.0 Å². The lowest BCUT2D eigenvalue weighted by molar-refractivity contribution is 0.431. The molecule has 1 saturated heterocycles. The average Bonchev–Trinajstić information content (AvgIpc) is 3.18. The molecule has 0 unspecified atom stereocenters. The number of nitrogens with one attached hydrogen (secondary N) is 1. The summed E-state index contributed by atoms with van der Waals surface area (Å²) >= 11 is 0. The van der Waals surface area contributed by atoms with Crippen molar-refractivity contribution in [1.82, 2.24) is 29.0 Å². The summed E-state index contributed by atoms with van der Waals surface area (Å²) in [7, 11) is 0. The van der Waals surface area contributed by atoms with Crippen molar-refractivity contribution in [1.29, 1.82) is 0 Å². The van der Waals surface area contributed by atoms with E-state index in [1.54, 1.807) is 9.25 Å². The Kier molecular flexibility index (Phi) is 4.17. The zero-order chi connectivity index (χ0) is 17.4. The zero-order valence-corrected chi connectivity index (χ0v) is 14.8. The summed E-state index contributed by atoms with van der Waals surface area (Å²) in [5, 5.41) is 8.08. The third kappa shape index (κ3) is 2.89. The van der Waals surface area contributed by atoms with Crippen LogP contribution >= 0.6 is 0 Å². The summed E-state index contributed by atoms with van der Waals surface area (Å²) < 4.78 is 5.36. The summed E-state index contributed by atoms with van der Waals surface area (Å²) in [6.45, 7) is 7.03. The molecule has 0 radical (unpaired) electrons. The summed E-state index contributed by atoms with van der Waals surface area (Å²) in [4.78, 5) is 17.4. The Morgan fingerprint density at radius 3 is 3.00 bits per heavy atom. The molecule has 4 heterocycles. The van der Waals surface area contributed by atoms with Crippen LogP contribution in [-0.4, -0.2) is 36.8 Å². The molecule has 1 atom stereocenters. The Balaban J connectivity index is 1.68. The van der Waals surface area contributed by atoms with E-state index in [4.69, 9.17) is 0 Å². The number of rotatable bonds is 4. The van der Waals surface area contributed by atoms with Crippen molar-refractivity contribution < 1.29 is 0 Å². The molecule has 7 heteroatoms. The predicted octanol–water partition coefficient (Wildman–Crippen LogP) is 1.54. The van der Waals surface area contributed by atoms with Crippen molar-refractivity contribution in [3.05, 3.63) is 52.1 Å². The van der Waals surface area contributed by atoms with E-state index in [-0.39, 0.29) is 5.69 Å². The number of aryl methyl sites for hydroxylation is 1. The van der Waals surface area contributed by atoms with E-state index in [1.165, 1.54) is 0 Å². The molecule has 4 rings (SSSR count). The van der Waals surface area contributed by atoms with E-state index in [9.17, 15) is 4.79 Å². The number of imidazole rings is 1. The Morgan fingerprint density at radius 1 is 1.40 bits per heavy atom. The standard InChI is InChI=1S/C18H24N6O/c1-3-23-17(14-7-4-8-19-10-14)21-24(18(23)25)12-15-11-22-9-5-6-13(2)16(22)20-15/h5-6,9,11,14,19H,3-4,7-8,10,12H2,1-2H3/t14-/m0/s1. The Labute approximate surface area is 146 Å². The normalized spacial score (nSPS) is 18.1. The van der Waals surface area contributed by atoms with Crippen LogP contribution in [0.25, 0.3) is 5.65 Å². The maximum atomic E-state index is 12.8. The van der Waals surface area contributed by atoms with Gasteiger partial charge in [-0.05, 0) is 44.9 Å². The predicted molar refractivity (Wildman–Crippen MR) is 96.0 cm³/mol. The lowest BCUT2D eigenvalue weighted by Gasteiger charge is -2.21. The molecule has 0 amide bonds. The SMILES string of the molecule is CCn1c([C@H]2CCCNC2)nn(Cc2cn3cccc(C)c3n2)c1=O. The number of fused-ring (bicyclic) bond motifs is 1. The van der Waals surface area contributed by atoms with Crippen LogP contribution in [0.2, 0.25) is 0 Å². The van der Waals surface area contributed by atoms with Gasteiger partial charge in [0.2, 0.25) is 0 Å². The van der Waals surface area contributed by atoms with Gasteiger partial charge in [0.05, 0.1) is 12.2 Å². The van der Waals surface area contributed by atoms with Gasteiger partial charge in [0, 0.05) is 31.4 Å². The Morgan fingerprint density at radius 2 is 2.28 bits per heavy atom. The van der Waals surface area contributed by atoms with Crippen LogP contribution in [0.1, 0.15) is 42.8 Å². The molecule has 132 valence electrons. The lowest BCUT2D eigenvalue weighted by Crippen LogP contribution is -2.31. The highest BCUT2D eigenvalue weighted by molar-refractivity contribution is 5.47. The number of aromatic nitrogens is 5. The van der Waals surface area contributed by atoms with Gasteiger partial charge >= 0.3 is 5.69 Å². The van der Waals surface area contributed by atoms with E-state index in [0.717, 1.165) is 48.7 Å². The first-order chi connectivity index (χ1) is 12.2. The molecule has 0 bridgehead atoms. The number of hydrogen-bond donors (Lipinski definition) is 1. The van der Waals surface area contributed by atoms with Crippen LogP contribution in [0.5, 0.6) is 0 Å². The maximum Gasteiger partial charge on any atom is 0.346 e. The van der Waals surface area contributed by atoms with Crippen molar-refractivity contribution in [2.45, 2.75) is 45.7 Å². The monoisotopic (exact) mass is 340 g/mol. The first-order valence-electron chi connectivity index (χ1n) is 8.99. The second kappa shape index (κ2) is 6.48. The van der Waals surface area contributed by atoms with Crippen LogP contribution in [0.3, 0.4) is 0 Å². The topological polar surface area (TPSA) is 69.2 Å². The summed E-state index contributed by atoms with van der Waals surface area (Å²) in [5.41, 5.74) is 2.86. The first kappa shape index (κ1) is 16.1. The largest absolute Gasteiger partial charge is 0.346 e. The third-order valence-corrected chi connectivity index (χ3v) is 4.97. The van der Waals surface area contributed by atoms with Crippen molar-refractivity contribution in [3.63, 3.8) is 0 Å². The summed E-state index contributed by atoms with van der Waals surface area (Å²) in [6, 6.07) is 4.04. The maximum absolute atomic E-state index is 12.8. The molecular weight excluding hydrogens is 316 g/mol. The molecule has 1 aliphatic rings. The van der Waals surface area contributed by atoms with E-state index in [2.05, 4.69) is 15.4 Å². The number of hydrogen-bond acceptors (Lipinski definition) is 4. The van der Waals surface area contributed by atoms with Gasteiger partial charge in [-0.3, -0.25) is 4.57 Å². The van der Waals surface area contributed by atoms with Crippen LogP contribution in [0.4, 0.5) is 0 Å². The fraction of sp³-hybridized carbons (Fsp3) is 0.500. The quantitative estimate of drug-likeness (QED) is 0.782. The van der Waals surface area contributed by atoms with Crippen LogP contribution in [0, 0.1) is 6.92 Å². The minimum Gasteiger partial charge on any atom is -0.316 e. The van der Waals surface area contributed by atoms with Crippen molar-refractivity contribution in [2.24, 2.45) is 0 Å². The Hall–Kier alpha value is -2.41. The molecule has 3 aromatic heterocycles. The molecule has 1 aliphatic heterocycles. The van der Waals surface area contributed by atoms with E-state index < -0.39 is 0 Å². The number of piperidine rings is 1. The second-order valence-corrected chi connectivity index (χ2v) is 6.74. The molecule has 1 N–H and O–H groups in total. The van der Waals surface area contributed by atoms with Crippen LogP contribution < -0.4 is 11.0 Å². The minimum atomic E-state index is -0.0446. The van der Waals surface area contributed by atoms with E-state index >= 15 is 0 Å². The van der Waals surface area contributed by atoms with Gasteiger partial charge in [-0.1, -0.05) is 6.07 Å². The molecule has 0 saturated carbocycles. The molecule has 3 aromatic rings. The number of nitrogens with zero attached hydrogens (tertiary/aromatic N) is 5. The van der Waals surface area contributed by atoms with Gasteiger partial charge in [-0.15, -0.1) is 0 Å². The van der Waals surface area contributed by atoms with Crippen molar-refractivity contribution in [3.8, 4) is 0 Å². The fourth-order valence-corrected chi connectivity index (χ4v) is 3.67. The van der Waals surface area contributed by atoms with Crippen LogP contribution in [0.15, 0.2) is 29.3 Å². The second-order valence-electron chi connectivity index (χ2n) is 6.74. The third-order valence-electron chi connectivity index (χ3n) is 4.97. The van der Waals surface area contributed by atoms with Gasteiger partial charge < -0.3 is 9.72 Å². The first-order valence-corrected chi connectivity index (χ1v) is 8.99. The van der Waals surface area contributed by atoms with Gasteiger partial charge in [0.25, 0.3) is 0 Å². The van der Waals surface area contributed by atoms with Gasteiger partial charge in [0.1, 0.15) is 11.5 Å². The van der Waals surface area contributed by atoms with Crippen molar-refractivity contribution in [2.75, 3.05) is 13.1 Å². The molecule has 1 fully saturated rings. The molecule has 0 aliphatic carbocycles.